The molecule has 1 N–H and O–H groups in total. The minimum absolute atomic E-state index is 0.0167. The van der Waals surface area contributed by atoms with Gasteiger partial charge in [-0.1, -0.05) is 0 Å². The molecule has 1 aromatic carbocycles. The number of rotatable bonds is 3. The van der Waals surface area contributed by atoms with Crippen molar-refractivity contribution in [2.24, 2.45) is 0 Å². The van der Waals surface area contributed by atoms with E-state index in [1.165, 1.54) is 25.1 Å². The summed E-state index contributed by atoms with van der Waals surface area (Å²) in [5.74, 6) is 0.136. The van der Waals surface area contributed by atoms with Crippen LogP contribution in [0.4, 0.5) is 10.1 Å². The van der Waals surface area contributed by atoms with Crippen LogP contribution in [0.2, 0.25) is 0 Å². The number of halogens is 1. The monoisotopic (exact) mass is 346 g/mol. The number of furan rings is 1. The first-order valence-corrected chi connectivity index (χ1v) is 7.98. The van der Waals surface area contributed by atoms with Crippen molar-refractivity contribution < 1.29 is 23.1 Å². The van der Waals surface area contributed by atoms with Crippen molar-refractivity contribution in [1.82, 2.24) is 4.90 Å². The largest absolute Gasteiger partial charge is 0.464 e. The van der Waals surface area contributed by atoms with E-state index < -0.39 is 11.7 Å². The van der Waals surface area contributed by atoms with E-state index in [0.29, 0.717) is 31.1 Å². The van der Waals surface area contributed by atoms with E-state index in [2.05, 4.69) is 5.32 Å². The Morgan fingerprint density at radius 3 is 2.76 bits per heavy atom. The SMILES string of the molecule is CC(=O)Nc1cc(C(=O)N2CCOC[C@H]2c2ccc(C)o2)ccc1F. The summed E-state index contributed by atoms with van der Waals surface area (Å²) in [6.07, 6.45) is 0. The number of aryl methyl sites for hydroxylation is 1. The summed E-state index contributed by atoms with van der Waals surface area (Å²) in [5.41, 5.74) is 0.275. The highest BCUT2D eigenvalue weighted by molar-refractivity contribution is 5.97. The molecule has 25 heavy (non-hydrogen) atoms. The molecule has 0 aliphatic carbocycles. The van der Waals surface area contributed by atoms with E-state index in [9.17, 15) is 14.0 Å². The number of hydrogen-bond acceptors (Lipinski definition) is 4. The van der Waals surface area contributed by atoms with Crippen LogP contribution in [0.25, 0.3) is 0 Å². The Hall–Kier alpha value is -2.67. The third-order valence-electron chi connectivity index (χ3n) is 4.00. The molecule has 1 fully saturated rings. The number of benzene rings is 1. The molecular formula is C18H19FN2O4. The summed E-state index contributed by atoms with van der Waals surface area (Å²) in [6, 6.07) is 7.23. The minimum atomic E-state index is -0.591. The number of nitrogens with one attached hydrogen (secondary N) is 1. The zero-order valence-electron chi connectivity index (χ0n) is 14.0. The molecule has 0 spiro atoms. The maximum atomic E-state index is 13.8. The lowest BCUT2D eigenvalue weighted by atomic mass is 10.1. The maximum Gasteiger partial charge on any atom is 0.254 e. The van der Waals surface area contributed by atoms with Crippen LogP contribution in [0, 0.1) is 12.7 Å². The third-order valence-corrected chi connectivity index (χ3v) is 4.00. The topological polar surface area (TPSA) is 71.8 Å². The van der Waals surface area contributed by atoms with Crippen molar-refractivity contribution in [3.8, 4) is 0 Å². The van der Waals surface area contributed by atoms with Gasteiger partial charge < -0.3 is 19.4 Å². The molecule has 1 atom stereocenters. The van der Waals surface area contributed by atoms with Crippen molar-refractivity contribution in [3.05, 3.63) is 53.2 Å². The first-order valence-electron chi connectivity index (χ1n) is 7.98. The van der Waals surface area contributed by atoms with Gasteiger partial charge in [0.1, 0.15) is 23.4 Å². The molecule has 1 saturated heterocycles. The number of carbonyl (C=O) groups is 2. The highest BCUT2D eigenvalue weighted by atomic mass is 19.1. The smallest absolute Gasteiger partial charge is 0.254 e. The Balaban J connectivity index is 1.88. The molecule has 2 heterocycles. The standard InChI is InChI=1S/C18H19FN2O4/c1-11-3-6-17(25-11)16-10-24-8-7-21(16)18(23)13-4-5-14(19)15(9-13)20-12(2)22/h3-6,9,16H,7-8,10H2,1-2H3,(H,20,22)/t16-/m0/s1. The van der Waals surface area contributed by atoms with E-state index in [-0.39, 0.29) is 17.6 Å². The molecule has 1 aromatic heterocycles. The first kappa shape index (κ1) is 17.2. The van der Waals surface area contributed by atoms with Gasteiger partial charge in [0, 0.05) is 19.0 Å². The van der Waals surface area contributed by atoms with Crippen LogP contribution in [0.5, 0.6) is 0 Å². The molecule has 2 aromatic rings. The van der Waals surface area contributed by atoms with E-state index in [4.69, 9.17) is 9.15 Å². The quantitative estimate of drug-likeness (QED) is 0.928. The van der Waals surface area contributed by atoms with Gasteiger partial charge >= 0.3 is 0 Å². The van der Waals surface area contributed by atoms with Gasteiger partial charge in [-0.2, -0.15) is 0 Å². The van der Waals surface area contributed by atoms with Crippen molar-refractivity contribution in [1.29, 1.82) is 0 Å². The predicted octanol–water partition coefficient (Wildman–Crippen LogP) is 2.90. The number of hydrogen-bond donors (Lipinski definition) is 1. The molecule has 6 nitrogen and oxygen atoms in total. The van der Waals surface area contributed by atoms with Crippen LogP contribution in [0.15, 0.2) is 34.7 Å². The number of amides is 2. The van der Waals surface area contributed by atoms with Crippen LogP contribution >= 0.6 is 0 Å². The van der Waals surface area contributed by atoms with Crippen LogP contribution < -0.4 is 5.32 Å². The Bertz CT molecular complexity index is 802. The second kappa shape index (κ2) is 7.06. The zero-order chi connectivity index (χ0) is 18.0. The van der Waals surface area contributed by atoms with Gasteiger partial charge in [-0.05, 0) is 37.3 Å². The summed E-state index contributed by atoms with van der Waals surface area (Å²) in [6.45, 7) is 4.26. The summed E-state index contributed by atoms with van der Waals surface area (Å²) in [4.78, 5) is 25.8. The number of carbonyl (C=O) groups excluding carboxylic acids is 2. The molecule has 132 valence electrons. The van der Waals surface area contributed by atoms with E-state index in [1.807, 2.05) is 19.1 Å². The van der Waals surface area contributed by atoms with Crippen LogP contribution in [0.3, 0.4) is 0 Å². The summed E-state index contributed by atoms with van der Waals surface area (Å²) < 4.78 is 24.9. The fourth-order valence-corrected chi connectivity index (χ4v) is 2.82. The Morgan fingerprint density at radius 1 is 1.28 bits per heavy atom. The highest BCUT2D eigenvalue weighted by Crippen LogP contribution is 2.28. The molecule has 3 rings (SSSR count). The molecule has 0 bridgehead atoms. The molecule has 1 aliphatic heterocycles. The number of ether oxygens (including phenoxy) is 1. The van der Waals surface area contributed by atoms with Gasteiger partial charge in [0.15, 0.2) is 0 Å². The predicted molar refractivity (Wildman–Crippen MR) is 88.7 cm³/mol. The normalized spacial score (nSPS) is 17.4. The summed E-state index contributed by atoms with van der Waals surface area (Å²) in [7, 11) is 0. The van der Waals surface area contributed by atoms with Crippen molar-refractivity contribution in [2.45, 2.75) is 19.9 Å². The molecule has 2 amide bonds. The fourth-order valence-electron chi connectivity index (χ4n) is 2.82. The second-order valence-corrected chi connectivity index (χ2v) is 5.91. The summed E-state index contributed by atoms with van der Waals surface area (Å²) >= 11 is 0. The average molecular weight is 346 g/mol. The number of morpholine rings is 1. The third kappa shape index (κ3) is 3.71. The van der Waals surface area contributed by atoms with Gasteiger partial charge in [0.2, 0.25) is 5.91 Å². The molecular weight excluding hydrogens is 327 g/mol. The van der Waals surface area contributed by atoms with Crippen LogP contribution in [-0.4, -0.2) is 36.5 Å². The molecule has 0 unspecified atom stereocenters. The first-order chi connectivity index (χ1) is 12.0. The van der Waals surface area contributed by atoms with E-state index >= 15 is 0 Å². The maximum absolute atomic E-state index is 13.8. The van der Waals surface area contributed by atoms with Gasteiger partial charge in [-0.15, -0.1) is 0 Å². The van der Waals surface area contributed by atoms with Gasteiger partial charge in [0.25, 0.3) is 5.91 Å². The average Bonchev–Trinajstić information content (AvgIpc) is 3.02. The summed E-state index contributed by atoms with van der Waals surface area (Å²) in [5, 5.41) is 2.39. The number of nitrogens with zero attached hydrogens (tertiary/aromatic N) is 1. The molecule has 0 radical (unpaired) electrons. The zero-order valence-corrected chi connectivity index (χ0v) is 14.0. The highest BCUT2D eigenvalue weighted by Gasteiger charge is 2.31. The van der Waals surface area contributed by atoms with Crippen molar-refractivity contribution in [3.63, 3.8) is 0 Å². The van der Waals surface area contributed by atoms with E-state index in [0.717, 1.165) is 5.76 Å². The van der Waals surface area contributed by atoms with Gasteiger partial charge in [0.05, 0.1) is 18.9 Å². The lowest BCUT2D eigenvalue weighted by Gasteiger charge is -2.34. The van der Waals surface area contributed by atoms with Crippen molar-refractivity contribution >= 4 is 17.5 Å². The number of anilines is 1. The second-order valence-electron chi connectivity index (χ2n) is 5.91. The minimum Gasteiger partial charge on any atom is -0.464 e. The lowest BCUT2D eigenvalue weighted by Crippen LogP contribution is -2.43. The van der Waals surface area contributed by atoms with Crippen LogP contribution in [-0.2, 0) is 9.53 Å². The molecule has 7 heteroatoms. The lowest BCUT2D eigenvalue weighted by molar-refractivity contribution is -0.114. The Morgan fingerprint density at radius 2 is 2.08 bits per heavy atom. The van der Waals surface area contributed by atoms with E-state index in [1.54, 1.807) is 4.90 Å². The van der Waals surface area contributed by atoms with Crippen molar-refractivity contribution in [2.75, 3.05) is 25.1 Å². The molecule has 1 aliphatic rings. The van der Waals surface area contributed by atoms with Crippen LogP contribution in [0.1, 0.15) is 34.8 Å². The molecule has 0 saturated carbocycles. The Kier molecular flexibility index (Phi) is 4.85. The fraction of sp³-hybridized carbons (Fsp3) is 0.333. The Labute approximate surface area is 144 Å². The van der Waals surface area contributed by atoms with Gasteiger partial charge in [-0.25, -0.2) is 4.39 Å². The van der Waals surface area contributed by atoms with Gasteiger partial charge in [-0.3, -0.25) is 9.59 Å².